The smallest absolute Gasteiger partial charge is 0.490 e. The number of thiophene rings is 1. The van der Waals surface area contributed by atoms with Crippen molar-refractivity contribution in [1.82, 2.24) is 9.62 Å². The van der Waals surface area contributed by atoms with Crippen LogP contribution in [0.5, 0.6) is 11.5 Å². The van der Waals surface area contributed by atoms with E-state index in [4.69, 9.17) is 19.4 Å². The number of ether oxygens (including phenoxy) is 3. The van der Waals surface area contributed by atoms with Crippen molar-refractivity contribution in [2.75, 3.05) is 41.0 Å². The molecule has 212 valence electrons. The second-order valence-corrected chi connectivity index (χ2v) is 10.7. The van der Waals surface area contributed by atoms with Gasteiger partial charge in [0.15, 0.2) is 11.5 Å². The normalized spacial score (nSPS) is 13.6. The van der Waals surface area contributed by atoms with E-state index in [1.807, 2.05) is 12.1 Å². The number of hydrogen-bond acceptors (Lipinski definition) is 9. The van der Waals surface area contributed by atoms with E-state index in [1.165, 1.54) is 24.3 Å². The SMILES string of the molecule is COC(=O)c1sccc1S(=O)(=O)NCCCCN1CCc2cc(OC)c(OC)cc2C1.O=C(O)C(F)(F)F. The molecular weight excluding hydrogens is 553 g/mol. The summed E-state index contributed by atoms with van der Waals surface area (Å²) in [7, 11) is 0.768. The Morgan fingerprint density at radius 3 is 2.26 bits per heavy atom. The molecule has 0 saturated carbocycles. The average molecular weight is 583 g/mol. The summed E-state index contributed by atoms with van der Waals surface area (Å²) in [6.45, 7) is 2.97. The van der Waals surface area contributed by atoms with E-state index in [0.717, 1.165) is 55.3 Å². The number of nitrogens with one attached hydrogen (secondary N) is 1. The quantitative estimate of drug-likeness (QED) is 0.320. The number of nitrogens with zero attached hydrogens (tertiary/aromatic N) is 1. The van der Waals surface area contributed by atoms with E-state index in [1.54, 1.807) is 19.6 Å². The number of esters is 1. The third-order valence-corrected chi connectivity index (χ3v) is 8.05. The second kappa shape index (κ2) is 13.8. The van der Waals surface area contributed by atoms with Crippen molar-refractivity contribution in [3.8, 4) is 11.5 Å². The number of carboxylic acids is 1. The molecule has 1 aliphatic heterocycles. The third-order valence-electron chi connectivity index (χ3n) is 5.52. The molecule has 2 N–H and O–H groups in total. The zero-order valence-corrected chi connectivity index (χ0v) is 22.6. The number of halogens is 3. The fourth-order valence-corrected chi connectivity index (χ4v) is 6.03. The first kappa shape index (κ1) is 31.3. The number of alkyl halides is 3. The molecule has 0 atom stereocenters. The minimum absolute atomic E-state index is 0.0265. The van der Waals surface area contributed by atoms with Crippen molar-refractivity contribution < 1.29 is 50.5 Å². The van der Waals surface area contributed by atoms with Crippen LogP contribution in [0.2, 0.25) is 0 Å². The molecular formula is C23H29F3N2O8S2. The summed E-state index contributed by atoms with van der Waals surface area (Å²) in [5.41, 5.74) is 2.51. The van der Waals surface area contributed by atoms with Crippen LogP contribution in [0.15, 0.2) is 28.5 Å². The van der Waals surface area contributed by atoms with Crippen molar-refractivity contribution in [1.29, 1.82) is 0 Å². The van der Waals surface area contributed by atoms with Gasteiger partial charge in [0.05, 0.1) is 21.3 Å². The van der Waals surface area contributed by atoms with Gasteiger partial charge in [-0.3, -0.25) is 4.90 Å². The lowest BCUT2D eigenvalue weighted by Crippen LogP contribution is -2.32. The first-order chi connectivity index (χ1) is 17.8. The summed E-state index contributed by atoms with van der Waals surface area (Å²) in [4.78, 5) is 23.1. The molecule has 1 aromatic heterocycles. The van der Waals surface area contributed by atoms with Gasteiger partial charge in [0.25, 0.3) is 0 Å². The molecule has 3 rings (SSSR count). The van der Waals surface area contributed by atoms with E-state index in [2.05, 4.69) is 14.4 Å². The number of aliphatic carboxylic acids is 1. The molecule has 2 aromatic rings. The van der Waals surface area contributed by atoms with E-state index >= 15 is 0 Å². The van der Waals surface area contributed by atoms with Crippen LogP contribution in [0.1, 0.15) is 33.6 Å². The van der Waals surface area contributed by atoms with Crippen LogP contribution in [0, 0.1) is 0 Å². The molecule has 15 heteroatoms. The highest BCUT2D eigenvalue weighted by atomic mass is 32.2. The van der Waals surface area contributed by atoms with Crippen LogP contribution in [0.3, 0.4) is 0 Å². The van der Waals surface area contributed by atoms with Gasteiger partial charge in [0, 0.05) is 19.6 Å². The predicted octanol–water partition coefficient (Wildman–Crippen LogP) is 3.30. The summed E-state index contributed by atoms with van der Waals surface area (Å²) in [5.74, 6) is -1.91. The van der Waals surface area contributed by atoms with Gasteiger partial charge in [-0.05, 0) is 60.5 Å². The van der Waals surface area contributed by atoms with E-state index in [9.17, 15) is 26.4 Å². The van der Waals surface area contributed by atoms with Crippen molar-refractivity contribution >= 4 is 33.3 Å². The van der Waals surface area contributed by atoms with Gasteiger partial charge in [-0.15, -0.1) is 11.3 Å². The number of fused-ring (bicyclic) bond motifs is 1. The molecule has 38 heavy (non-hydrogen) atoms. The average Bonchev–Trinajstić information content (AvgIpc) is 3.38. The van der Waals surface area contributed by atoms with Crippen LogP contribution < -0.4 is 14.2 Å². The van der Waals surface area contributed by atoms with Crippen LogP contribution in [0.25, 0.3) is 0 Å². The number of carbonyl (C=O) groups is 2. The minimum Gasteiger partial charge on any atom is -0.493 e. The van der Waals surface area contributed by atoms with Crippen molar-refractivity contribution in [3.05, 3.63) is 39.6 Å². The fraction of sp³-hybridized carbons (Fsp3) is 0.478. The maximum absolute atomic E-state index is 12.5. The fourth-order valence-electron chi connectivity index (χ4n) is 3.63. The number of rotatable bonds is 10. The maximum atomic E-state index is 12.5. The number of methoxy groups -OCH3 is 3. The molecule has 0 unspecified atom stereocenters. The van der Waals surface area contributed by atoms with E-state index < -0.39 is 28.1 Å². The summed E-state index contributed by atoms with van der Waals surface area (Å²) >= 11 is 1.05. The highest BCUT2D eigenvalue weighted by molar-refractivity contribution is 7.89. The summed E-state index contributed by atoms with van der Waals surface area (Å²) in [6.07, 6.45) is -2.58. The molecule has 10 nitrogen and oxygen atoms in total. The van der Waals surface area contributed by atoms with Crippen molar-refractivity contribution in [2.45, 2.75) is 36.9 Å². The summed E-state index contributed by atoms with van der Waals surface area (Å²) < 4.78 is 74.8. The Bertz CT molecular complexity index is 1220. The highest BCUT2D eigenvalue weighted by Gasteiger charge is 2.38. The van der Waals surface area contributed by atoms with Crippen molar-refractivity contribution in [3.63, 3.8) is 0 Å². The van der Waals surface area contributed by atoms with Gasteiger partial charge in [0.2, 0.25) is 10.0 Å². The van der Waals surface area contributed by atoms with Crippen LogP contribution in [-0.2, 0) is 32.5 Å². The number of carboxylic acid groups (broad SMARTS) is 1. The molecule has 0 spiro atoms. The van der Waals surface area contributed by atoms with Gasteiger partial charge < -0.3 is 19.3 Å². The maximum Gasteiger partial charge on any atom is 0.490 e. The van der Waals surface area contributed by atoms with Crippen LogP contribution >= 0.6 is 11.3 Å². The predicted molar refractivity (Wildman–Crippen MR) is 132 cm³/mol. The van der Waals surface area contributed by atoms with Crippen LogP contribution in [0.4, 0.5) is 13.2 Å². The first-order valence-corrected chi connectivity index (χ1v) is 13.6. The lowest BCUT2D eigenvalue weighted by molar-refractivity contribution is -0.192. The number of sulfonamides is 1. The van der Waals surface area contributed by atoms with Gasteiger partial charge in [-0.2, -0.15) is 13.2 Å². The summed E-state index contributed by atoms with van der Waals surface area (Å²) in [5, 5.41) is 8.69. The zero-order valence-electron chi connectivity index (χ0n) is 21.0. The standard InChI is InChI=1S/C21H28N2O6S2.C2HF3O2/c1-27-17-12-15-6-10-23(14-16(15)13-18(17)28-2)9-5-4-8-22-31(25,26)19-7-11-30-20(19)21(24)29-3;3-2(4,5)1(6)7/h7,11-13,22H,4-6,8-10,14H2,1-3H3;(H,6,7). The molecule has 0 radical (unpaired) electrons. The number of unbranched alkanes of at least 4 members (excludes halogenated alkanes) is 1. The Balaban J connectivity index is 0.000000638. The lowest BCUT2D eigenvalue weighted by atomic mass is 9.98. The van der Waals surface area contributed by atoms with E-state index in [-0.39, 0.29) is 9.77 Å². The van der Waals surface area contributed by atoms with Gasteiger partial charge in [-0.1, -0.05) is 0 Å². The summed E-state index contributed by atoms with van der Waals surface area (Å²) in [6, 6.07) is 5.51. The van der Waals surface area contributed by atoms with E-state index in [0.29, 0.717) is 13.0 Å². The number of carbonyl (C=O) groups excluding carboxylic acids is 1. The second-order valence-electron chi connectivity index (χ2n) is 8.02. The molecule has 0 bridgehead atoms. The topological polar surface area (TPSA) is 131 Å². The Morgan fingerprint density at radius 2 is 1.71 bits per heavy atom. The third kappa shape index (κ3) is 8.58. The lowest BCUT2D eigenvalue weighted by Gasteiger charge is -2.29. The van der Waals surface area contributed by atoms with Gasteiger partial charge in [-0.25, -0.2) is 22.7 Å². The molecule has 0 amide bonds. The Morgan fingerprint density at radius 1 is 1.11 bits per heavy atom. The van der Waals surface area contributed by atoms with Crippen molar-refractivity contribution in [2.24, 2.45) is 0 Å². The molecule has 1 aliphatic rings. The monoisotopic (exact) mass is 582 g/mol. The van der Waals surface area contributed by atoms with Crippen LogP contribution in [-0.4, -0.2) is 77.5 Å². The number of hydrogen-bond donors (Lipinski definition) is 2. The molecule has 0 fully saturated rings. The Hall–Kier alpha value is -2.88. The highest BCUT2D eigenvalue weighted by Crippen LogP contribution is 2.33. The van der Waals surface area contributed by atoms with Gasteiger partial charge >= 0.3 is 18.1 Å². The zero-order chi connectivity index (χ0) is 28.5. The molecule has 2 heterocycles. The Kier molecular flexibility index (Phi) is 11.4. The Labute approximate surface area is 222 Å². The molecule has 0 saturated heterocycles. The largest absolute Gasteiger partial charge is 0.493 e. The molecule has 1 aromatic carbocycles. The minimum atomic E-state index is -5.08. The van der Waals surface area contributed by atoms with Gasteiger partial charge in [0.1, 0.15) is 9.77 Å². The number of benzene rings is 1. The molecule has 0 aliphatic carbocycles. The first-order valence-electron chi connectivity index (χ1n) is 11.3.